The van der Waals surface area contributed by atoms with E-state index in [-0.39, 0.29) is 0 Å². The Bertz CT molecular complexity index is 130. The van der Waals surface area contributed by atoms with E-state index < -0.39 is 0 Å². The lowest BCUT2D eigenvalue weighted by atomic mass is 9.82. The van der Waals surface area contributed by atoms with Crippen LogP contribution < -0.4 is 0 Å². The van der Waals surface area contributed by atoms with E-state index in [9.17, 15) is 0 Å². The molecule has 0 nitrogen and oxygen atoms in total. The lowest BCUT2D eigenvalue weighted by Gasteiger charge is -2.24. The summed E-state index contributed by atoms with van der Waals surface area (Å²) >= 11 is 0. The molecule has 0 fully saturated rings. The molecule has 0 rings (SSSR count). The van der Waals surface area contributed by atoms with Crippen molar-refractivity contribution in [2.75, 3.05) is 0 Å². The molecule has 0 unspecified atom stereocenters. The quantitative estimate of drug-likeness (QED) is 0.332. The zero-order valence-corrected chi connectivity index (χ0v) is 13.0. The molecule has 0 aromatic rings. The lowest BCUT2D eigenvalue weighted by Crippen LogP contribution is -2.11. The van der Waals surface area contributed by atoms with Gasteiger partial charge in [0.15, 0.2) is 0 Å². The number of rotatable bonds is 12. The summed E-state index contributed by atoms with van der Waals surface area (Å²) in [5.41, 5.74) is 0.596. The highest BCUT2D eigenvalue weighted by Gasteiger charge is 2.16. The van der Waals surface area contributed by atoms with Crippen molar-refractivity contribution in [1.82, 2.24) is 0 Å². The predicted octanol–water partition coefficient (Wildman–Crippen LogP) is 6.73. The van der Waals surface area contributed by atoms with E-state index in [2.05, 4.69) is 27.7 Å². The van der Waals surface area contributed by atoms with Crippen LogP contribution in [0.3, 0.4) is 0 Å². The van der Waals surface area contributed by atoms with E-state index in [1.165, 1.54) is 77.0 Å². The van der Waals surface area contributed by atoms with E-state index in [1.54, 1.807) is 0 Å². The molecular weight excluding hydrogens is 204 g/mol. The summed E-state index contributed by atoms with van der Waals surface area (Å²) in [5, 5.41) is 0. The third-order valence-corrected chi connectivity index (χ3v) is 3.91. The molecule has 0 spiro atoms. The second kappa shape index (κ2) is 11.1. The maximum Gasteiger partial charge on any atom is -0.0354 e. The average Bonchev–Trinajstić information content (AvgIpc) is 2.28. The lowest BCUT2D eigenvalue weighted by molar-refractivity contribution is 0.282. The van der Waals surface area contributed by atoms with Gasteiger partial charge in [-0.25, -0.2) is 0 Å². The Morgan fingerprint density at radius 2 is 0.882 bits per heavy atom. The van der Waals surface area contributed by atoms with Crippen molar-refractivity contribution in [3.63, 3.8) is 0 Å². The third kappa shape index (κ3) is 12.2. The molecular formula is C17H36. The molecule has 0 aliphatic rings. The van der Waals surface area contributed by atoms with Crippen molar-refractivity contribution in [1.29, 1.82) is 0 Å². The molecule has 0 heteroatoms. The predicted molar refractivity (Wildman–Crippen MR) is 80.5 cm³/mol. The van der Waals surface area contributed by atoms with Crippen LogP contribution in [0, 0.1) is 5.41 Å². The van der Waals surface area contributed by atoms with Gasteiger partial charge in [-0.1, -0.05) is 91.9 Å². The van der Waals surface area contributed by atoms with Gasteiger partial charge in [0, 0.05) is 0 Å². The summed E-state index contributed by atoms with van der Waals surface area (Å²) in [6.07, 6.45) is 17.1. The third-order valence-electron chi connectivity index (χ3n) is 3.91. The summed E-state index contributed by atoms with van der Waals surface area (Å²) in [5.74, 6) is 0. The zero-order chi connectivity index (χ0) is 13.0. The van der Waals surface area contributed by atoms with Gasteiger partial charge in [-0.2, -0.15) is 0 Å². The van der Waals surface area contributed by atoms with Gasteiger partial charge in [0.05, 0.1) is 0 Å². The molecule has 0 atom stereocenters. The molecule has 0 aromatic heterocycles. The van der Waals surface area contributed by atoms with Crippen molar-refractivity contribution in [3.8, 4) is 0 Å². The van der Waals surface area contributed by atoms with Gasteiger partial charge in [-0.3, -0.25) is 0 Å². The second-order valence-corrected chi connectivity index (χ2v) is 6.49. The molecule has 0 aromatic carbocycles. The van der Waals surface area contributed by atoms with Gasteiger partial charge < -0.3 is 0 Å². The Kier molecular flexibility index (Phi) is 11.1. The van der Waals surface area contributed by atoms with E-state index >= 15 is 0 Å². The Morgan fingerprint density at radius 3 is 1.24 bits per heavy atom. The van der Waals surface area contributed by atoms with E-state index in [4.69, 9.17) is 0 Å². The van der Waals surface area contributed by atoms with Crippen LogP contribution in [0.1, 0.15) is 105 Å². The van der Waals surface area contributed by atoms with Crippen molar-refractivity contribution in [2.24, 2.45) is 5.41 Å². The largest absolute Gasteiger partial charge is 0.0654 e. The molecule has 0 N–H and O–H groups in total. The number of hydrogen-bond donors (Lipinski definition) is 0. The fourth-order valence-corrected chi connectivity index (χ4v) is 2.54. The number of unbranched alkanes of at least 4 members (excludes halogenated alkanes) is 8. The summed E-state index contributed by atoms with van der Waals surface area (Å²) in [7, 11) is 0. The van der Waals surface area contributed by atoms with Crippen LogP contribution in [0.4, 0.5) is 0 Å². The minimum Gasteiger partial charge on any atom is -0.0654 e. The monoisotopic (exact) mass is 240 g/mol. The van der Waals surface area contributed by atoms with Crippen LogP contribution in [0.2, 0.25) is 0 Å². The van der Waals surface area contributed by atoms with Gasteiger partial charge in [0.25, 0.3) is 0 Å². The van der Waals surface area contributed by atoms with Crippen LogP contribution in [-0.4, -0.2) is 0 Å². The highest BCUT2D eigenvalue weighted by Crippen LogP contribution is 2.30. The highest BCUT2D eigenvalue weighted by atomic mass is 14.2. The van der Waals surface area contributed by atoms with Gasteiger partial charge in [0.2, 0.25) is 0 Å². The first-order valence-electron chi connectivity index (χ1n) is 8.12. The average molecular weight is 240 g/mol. The van der Waals surface area contributed by atoms with Crippen LogP contribution in [0.15, 0.2) is 0 Å². The standard InChI is InChI=1S/C17H36/c1-5-7-9-11-13-15-17(3,4)16-14-12-10-8-6-2/h5-16H2,1-4H3. The van der Waals surface area contributed by atoms with Crippen LogP contribution >= 0.6 is 0 Å². The summed E-state index contributed by atoms with van der Waals surface area (Å²) in [4.78, 5) is 0. The van der Waals surface area contributed by atoms with Gasteiger partial charge in [-0.05, 0) is 18.3 Å². The first-order chi connectivity index (χ1) is 8.12. The Hall–Kier alpha value is 0. The minimum atomic E-state index is 0.596. The molecule has 0 amide bonds. The molecule has 17 heavy (non-hydrogen) atoms. The molecule has 0 aliphatic heterocycles. The van der Waals surface area contributed by atoms with Crippen LogP contribution in [0.5, 0.6) is 0 Å². The van der Waals surface area contributed by atoms with E-state index in [0.717, 1.165) is 0 Å². The molecule has 0 heterocycles. The fourth-order valence-electron chi connectivity index (χ4n) is 2.54. The van der Waals surface area contributed by atoms with Crippen molar-refractivity contribution in [3.05, 3.63) is 0 Å². The summed E-state index contributed by atoms with van der Waals surface area (Å²) in [6, 6.07) is 0. The molecule has 0 radical (unpaired) electrons. The highest BCUT2D eigenvalue weighted by molar-refractivity contribution is 4.68. The Morgan fingerprint density at radius 1 is 0.529 bits per heavy atom. The van der Waals surface area contributed by atoms with Gasteiger partial charge >= 0.3 is 0 Å². The molecule has 0 aliphatic carbocycles. The van der Waals surface area contributed by atoms with Crippen molar-refractivity contribution >= 4 is 0 Å². The SMILES string of the molecule is CCCCCCCC(C)(C)CCCCCCC. The normalized spacial score (nSPS) is 12.0. The van der Waals surface area contributed by atoms with Crippen LogP contribution in [0.25, 0.3) is 0 Å². The first-order valence-corrected chi connectivity index (χ1v) is 8.12. The smallest absolute Gasteiger partial charge is 0.0354 e. The molecule has 0 saturated heterocycles. The molecule has 104 valence electrons. The maximum atomic E-state index is 2.46. The first kappa shape index (κ1) is 17.0. The Balaban J connectivity index is 3.38. The fraction of sp³-hybridized carbons (Fsp3) is 1.00. The Labute approximate surface area is 111 Å². The van der Waals surface area contributed by atoms with E-state index in [1.807, 2.05) is 0 Å². The van der Waals surface area contributed by atoms with E-state index in [0.29, 0.717) is 5.41 Å². The maximum absolute atomic E-state index is 2.46. The van der Waals surface area contributed by atoms with Crippen molar-refractivity contribution < 1.29 is 0 Å². The topological polar surface area (TPSA) is 0 Å². The van der Waals surface area contributed by atoms with Crippen molar-refractivity contribution in [2.45, 2.75) is 105 Å². The summed E-state index contributed by atoms with van der Waals surface area (Å²) in [6.45, 7) is 9.51. The molecule has 0 saturated carbocycles. The molecule has 0 bridgehead atoms. The second-order valence-electron chi connectivity index (χ2n) is 6.49. The zero-order valence-electron chi connectivity index (χ0n) is 13.0. The van der Waals surface area contributed by atoms with Gasteiger partial charge in [-0.15, -0.1) is 0 Å². The minimum absolute atomic E-state index is 0.596. The van der Waals surface area contributed by atoms with Gasteiger partial charge in [0.1, 0.15) is 0 Å². The number of hydrogen-bond acceptors (Lipinski definition) is 0. The van der Waals surface area contributed by atoms with Crippen LogP contribution in [-0.2, 0) is 0 Å². The summed E-state index contributed by atoms with van der Waals surface area (Å²) < 4.78 is 0.